The van der Waals surface area contributed by atoms with Crippen LogP contribution in [0.25, 0.3) is 10.9 Å². The maximum atomic E-state index is 5.67. The minimum atomic E-state index is 0.468. The topological polar surface area (TPSA) is 30.9 Å². The van der Waals surface area contributed by atoms with E-state index < -0.39 is 0 Å². The Kier molecular flexibility index (Phi) is 5.60. The van der Waals surface area contributed by atoms with Crippen molar-refractivity contribution in [1.82, 2.24) is 4.57 Å². The van der Waals surface area contributed by atoms with Gasteiger partial charge in [-0.05, 0) is 30.7 Å². The van der Waals surface area contributed by atoms with E-state index in [2.05, 4.69) is 35.9 Å². The second-order valence-electron chi connectivity index (χ2n) is 5.41. The second kappa shape index (κ2) is 7.44. The summed E-state index contributed by atoms with van der Waals surface area (Å²) in [6.45, 7) is 3.36. The van der Waals surface area contributed by atoms with Crippen LogP contribution < -0.4 is 5.73 Å². The number of aromatic nitrogens is 1. The Balaban J connectivity index is 1.92. The molecule has 0 amide bonds. The summed E-state index contributed by atoms with van der Waals surface area (Å²) >= 11 is 5.02. The Bertz CT molecular complexity index is 571. The minimum Gasteiger partial charge on any atom is -0.389 e. The van der Waals surface area contributed by atoms with Gasteiger partial charge in [-0.3, -0.25) is 0 Å². The van der Waals surface area contributed by atoms with E-state index in [1.807, 2.05) is 6.07 Å². The van der Waals surface area contributed by atoms with E-state index >= 15 is 0 Å². The number of hydrogen-bond acceptors (Lipinski definition) is 1. The highest BCUT2D eigenvalue weighted by Crippen LogP contribution is 2.19. The van der Waals surface area contributed by atoms with Crippen molar-refractivity contribution in [2.45, 2.75) is 52.0 Å². The normalized spacial score (nSPS) is 11.1. The molecule has 0 unspecified atom stereocenters. The fourth-order valence-corrected chi connectivity index (χ4v) is 2.74. The SMILES string of the molecule is CCCCCCCCn1ccc2cc(C(N)=S)ccc21. The molecule has 2 rings (SSSR count). The van der Waals surface area contributed by atoms with E-state index in [0.29, 0.717) is 4.99 Å². The zero-order chi connectivity index (χ0) is 14.4. The van der Waals surface area contributed by atoms with Crippen molar-refractivity contribution in [2.24, 2.45) is 5.73 Å². The Hall–Kier alpha value is -1.35. The van der Waals surface area contributed by atoms with Crippen LogP contribution in [-0.4, -0.2) is 9.56 Å². The molecular weight excluding hydrogens is 264 g/mol. The lowest BCUT2D eigenvalue weighted by Crippen LogP contribution is -2.08. The molecule has 0 saturated heterocycles. The van der Waals surface area contributed by atoms with Crippen LogP contribution in [0.4, 0.5) is 0 Å². The van der Waals surface area contributed by atoms with Crippen LogP contribution in [0.15, 0.2) is 30.5 Å². The molecule has 2 nitrogen and oxygen atoms in total. The van der Waals surface area contributed by atoms with E-state index in [-0.39, 0.29) is 0 Å². The van der Waals surface area contributed by atoms with E-state index in [1.165, 1.54) is 49.4 Å². The first kappa shape index (κ1) is 15.0. The molecule has 0 saturated carbocycles. The molecule has 108 valence electrons. The lowest BCUT2D eigenvalue weighted by molar-refractivity contribution is 0.565. The fourth-order valence-electron chi connectivity index (χ4n) is 2.61. The number of thiocarbonyl (C=S) groups is 1. The lowest BCUT2D eigenvalue weighted by atomic mass is 10.1. The monoisotopic (exact) mass is 288 g/mol. The molecule has 0 bridgehead atoms. The Morgan fingerprint density at radius 2 is 1.85 bits per heavy atom. The maximum absolute atomic E-state index is 5.67. The van der Waals surface area contributed by atoms with Crippen LogP contribution in [0, 0.1) is 0 Å². The lowest BCUT2D eigenvalue weighted by Gasteiger charge is -2.06. The summed E-state index contributed by atoms with van der Waals surface area (Å²) in [5.74, 6) is 0. The van der Waals surface area contributed by atoms with Gasteiger partial charge in [-0.2, -0.15) is 0 Å². The molecule has 1 heterocycles. The van der Waals surface area contributed by atoms with Gasteiger partial charge in [0.2, 0.25) is 0 Å². The molecule has 0 fully saturated rings. The number of nitrogens with zero attached hydrogens (tertiary/aromatic N) is 1. The zero-order valence-electron chi connectivity index (χ0n) is 12.3. The number of fused-ring (bicyclic) bond motifs is 1. The first-order chi connectivity index (χ1) is 9.72. The summed E-state index contributed by atoms with van der Waals surface area (Å²) in [6, 6.07) is 8.37. The third kappa shape index (κ3) is 3.83. The highest BCUT2D eigenvalue weighted by atomic mass is 32.1. The van der Waals surface area contributed by atoms with Gasteiger partial charge in [-0.25, -0.2) is 0 Å². The van der Waals surface area contributed by atoms with Gasteiger partial charge in [0, 0.05) is 29.2 Å². The van der Waals surface area contributed by atoms with Gasteiger partial charge in [0.15, 0.2) is 0 Å². The van der Waals surface area contributed by atoms with E-state index in [9.17, 15) is 0 Å². The number of rotatable bonds is 8. The minimum absolute atomic E-state index is 0.468. The highest BCUT2D eigenvalue weighted by Gasteiger charge is 2.03. The summed E-state index contributed by atoms with van der Waals surface area (Å²) < 4.78 is 2.33. The third-order valence-electron chi connectivity index (χ3n) is 3.81. The van der Waals surface area contributed by atoms with Crippen LogP contribution in [-0.2, 0) is 6.54 Å². The average Bonchev–Trinajstić information content (AvgIpc) is 2.85. The van der Waals surface area contributed by atoms with Crippen molar-refractivity contribution in [2.75, 3.05) is 0 Å². The van der Waals surface area contributed by atoms with Gasteiger partial charge in [0.1, 0.15) is 4.99 Å². The number of aryl methyl sites for hydroxylation is 1. The van der Waals surface area contributed by atoms with Gasteiger partial charge < -0.3 is 10.3 Å². The van der Waals surface area contributed by atoms with Crippen molar-refractivity contribution in [1.29, 1.82) is 0 Å². The van der Waals surface area contributed by atoms with Crippen molar-refractivity contribution in [3.63, 3.8) is 0 Å². The smallest absolute Gasteiger partial charge is 0.104 e. The molecule has 0 spiro atoms. The van der Waals surface area contributed by atoms with Gasteiger partial charge in [-0.15, -0.1) is 0 Å². The van der Waals surface area contributed by atoms with Gasteiger partial charge in [0.25, 0.3) is 0 Å². The van der Waals surface area contributed by atoms with E-state index in [0.717, 1.165) is 12.1 Å². The zero-order valence-corrected chi connectivity index (χ0v) is 13.1. The molecule has 20 heavy (non-hydrogen) atoms. The molecular formula is C17H24N2S. The molecule has 1 aromatic heterocycles. The first-order valence-electron chi connectivity index (χ1n) is 7.61. The molecule has 0 aliphatic carbocycles. The number of benzene rings is 1. The van der Waals surface area contributed by atoms with E-state index in [1.54, 1.807) is 0 Å². The summed E-state index contributed by atoms with van der Waals surface area (Å²) in [6.07, 6.45) is 10.2. The van der Waals surface area contributed by atoms with Crippen molar-refractivity contribution >= 4 is 28.1 Å². The van der Waals surface area contributed by atoms with Crippen molar-refractivity contribution < 1.29 is 0 Å². The van der Waals surface area contributed by atoms with Gasteiger partial charge >= 0.3 is 0 Å². The summed E-state index contributed by atoms with van der Waals surface area (Å²) in [4.78, 5) is 0.468. The number of unbranched alkanes of at least 4 members (excludes halogenated alkanes) is 5. The molecule has 3 heteroatoms. The Morgan fingerprint density at radius 3 is 2.60 bits per heavy atom. The van der Waals surface area contributed by atoms with Crippen LogP contribution in [0.3, 0.4) is 0 Å². The molecule has 2 aromatic rings. The Labute approximate surface area is 127 Å². The van der Waals surface area contributed by atoms with Crippen LogP contribution in [0.2, 0.25) is 0 Å². The summed E-state index contributed by atoms with van der Waals surface area (Å²) in [5, 5.41) is 1.22. The fraction of sp³-hybridized carbons (Fsp3) is 0.471. The highest BCUT2D eigenvalue weighted by molar-refractivity contribution is 7.80. The first-order valence-corrected chi connectivity index (χ1v) is 8.02. The number of hydrogen-bond donors (Lipinski definition) is 1. The Morgan fingerprint density at radius 1 is 1.10 bits per heavy atom. The van der Waals surface area contributed by atoms with Crippen LogP contribution in [0.5, 0.6) is 0 Å². The molecule has 2 N–H and O–H groups in total. The third-order valence-corrected chi connectivity index (χ3v) is 4.04. The molecule has 0 aliphatic rings. The number of nitrogens with two attached hydrogens (primary N) is 1. The molecule has 1 aromatic carbocycles. The van der Waals surface area contributed by atoms with Crippen molar-refractivity contribution in [3.8, 4) is 0 Å². The molecule has 0 radical (unpaired) electrons. The average molecular weight is 288 g/mol. The quantitative estimate of drug-likeness (QED) is 0.567. The van der Waals surface area contributed by atoms with Crippen LogP contribution >= 0.6 is 12.2 Å². The van der Waals surface area contributed by atoms with Gasteiger partial charge in [-0.1, -0.05) is 51.2 Å². The second-order valence-corrected chi connectivity index (χ2v) is 5.85. The van der Waals surface area contributed by atoms with Crippen LogP contribution in [0.1, 0.15) is 51.0 Å². The summed E-state index contributed by atoms with van der Waals surface area (Å²) in [7, 11) is 0. The summed E-state index contributed by atoms with van der Waals surface area (Å²) in [5.41, 5.74) is 7.90. The largest absolute Gasteiger partial charge is 0.389 e. The standard InChI is InChI=1S/C17H24N2S/c1-2-3-4-5-6-7-11-19-12-10-14-13-15(17(18)20)8-9-16(14)19/h8-10,12-13H,2-7,11H2,1H3,(H2,18,20). The van der Waals surface area contributed by atoms with Gasteiger partial charge in [0.05, 0.1) is 0 Å². The predicted molar refractivity (Wildman–Crippen MR) is 91.2 cm³/mol. The molecule has 0 atom stereocenters. The predicted octanol–water partition coefficient (Wildman–Crippen LogP) is 4.64. The maximum Gasteiger partial charge on any atom is 0.104 e. The van der Waals surface area contributed by atoms with Crippen molar-refractivity contribution in [3.05, 3.63) is 36.0 Å². The molecule has 0 aliphatic heterocycles. The van der Waals surface area contributed by atoms with E-state index in [4.69, 9.17) is 18.0 Å².